The van der Waals surface area contributed by atoms with Crippen LogP contribution in [0.3, 0.4) is 0 Å². The average molecular weight is 580 g/mol. The summed E-state index contributed by atoms with van der Waals surface area (Å²) in [5, 5.41) is 6.51. The number of carbonyl (C=O) groups excluding carboxylic acids is 2. The molecule has 0 aliphatic carbocycles. The third-order valence-corrected chi connectivity index (χ3v) is 9.73. The zero-order valence-electron chi connectivity index (χ0n) is 22.4. The molecular formula is C30H30ClN3O5S. The number of methoxy groups -OCH3 is 1. The summed E-state index contributed by atoms with van der Waals surface area (Å²) in [5.41, 5.74) is 1.36. The number of aromatic nitrogens is 2. The smallest absolute Gasteiger partial charge is 0.340 e. The van der Waals surface area contributed by atoms with Gasteiger partial charge in [0, 0.05) is 23.6 Å². The van der Waals surface area contributed by atoms with Gasteiger partial charge in [-0.2, -0.15) is 9.46 Å². The molecule has 0 unspecified atom stereocenters. The highest BCUT2D eigenvalue weighted by atomic mass is 35.5. The Morgan fingerprint density at radius 2 is 1.73 bits per heavy atom. The lowest BCUT2D eigenvalue weighted by Gasteiger charge is -2.17. The molecule has 1 saturated heterocycles. The van der Waals surface area contributed by atoms with Gasteiger partial charge < -0.3 is 9.47 Å². The van der Waals surface area contributed by atoms with E-state index in [4.69, 9.17) is 21.1 Å². The van der Waals surface area contributed by atoms with Gasteiger partial charge >= 0.3 is 5.97 Å². The Morgan fingerprint density at radius 1 is 1.00 bits per heavy atom. The number of ether oxygens (including phenoxy) is 2. The van der Waals surface area contributed by atoms with Crippen LogP contribution < -0.4 is 4.74 Å². The van der Waals surface area contributed by atoms with E-state index < -0.39 is 21.5 Å². The molecule has 4 aromatic rings. The Labute approximate surface area is 238 Å². The minimum absolute atomic E-state index is 0.0211. The van der Waals surface area contributed by atoms with Crippen molar-refractivity contribution in [3.8, 4) is 5.88 Å². The van der Waals surface area contributed by atoms with Crippen molar-refractivity contribution in [2.75, 3.05) is 18.6 Å². The lowest BCUT2D eigenvalue weighted by molar-refractivity contribution is 0.0601. The van der Waals surface area contributed by atoms with E-state index in [1.807, 2.05) is 49.4 Å². The topological polar surface area (TPSA) is 99.9 Å². The second-order valence-corrected chi connectivity index (χ2v) is 12.5. The highest BCUT2D eigenvalue weighted by Gasteiger charge is 2.27. The first-order chi connectivity index (χ1) is 19.3. The normalized spacial score (nSPS) is 14.6. The second kappa shape index (κ2) is 11.8. The van der Waals surface area contributed by atoms with E-state index in [2.05, 4.69) is 9.46 Å². The number of halogens is 1. The van der Waals surface area contributed by atoms with Gasteiger partial charge in [0.15, 0.2) is 0 Å². The molecule has 0 spiro atoms. The van der Waals surface area contributed by atoms with E-state index >= 15 is 0 Å². The zero-order chi connectivity index (χ0) is 28.3. The molecule has 0 saturated carbocycles. The SMILES string of the molecule is CCn1ncc(C(=O)c2ccc(C(=O)OC)c(N=S3(=O)CCCCC3)c2Cl)c1OCc1ccc2ccccc2c1. The Hall–Kier alpha value is -3.69. The molecule has 208 valence electrons. The molecule has 0 atom stereocenters. The molecule has 1 aliphatic rings. The van der Waals surface area contributed by atoms with Gasteiger partial charge in [0.1, 0.15) is 17.9 Å². The van der Waals surface area contributed by atoms with Crippen LogP contribution in [0.15, 0.2) is 65.2 Å². The third-order valence-electron chi connectivity index (χ3n) is 6.97. The number of rotatable bonds is 8. The number of fused-ring (bicyclic) bond motifs is 1. The fourth-order valence-electron chi connectivity index (χ4n) is 4.83. The average Bonchev–Trinajstić information content (AvgIpc) is 3.39. The van der Waals surface area contributed by atoms with Gasteiger partial charge in [-0.15, -0.1) is 0 Å². The van der Waals surface area contributed by atoms with E-state index in [9.17, 15) is 13.8 Å². The van der Waals surface area contributed by atoms with Crippen molar-refractivity contribution < 1.29 is 23.3 Å². The maximum atomic E-state index is 13.8. The van der Waals surface area contributed by atoms with Gasteiger partial charge in [-0.25, -0.2) is 13.7 Å². The number of ketones is 1. The van der Waals surface area contributed by atoms with Crippen molar-refractivity contribution in [1.29, 1.82) is 0 Å². The van der Waals surface area contributed by atoms with E-state index in [-0.39, 0.29) is 34.0 Å². The van der Waals surface area contributed by atoms with Crippen LogP contribution >= 0.6 is 11.6 Å². The van der Waals surface area contributed by atoms with Crippen LogP contribution in [0, 0.1) is 0 Å². The summed E-state index contributed by atoms with van der Waals surface area (Å²) >= 11 is 6.75. The van der Waals surface area contributed by atoms with E-state index in [0.717, 1.165) is 35.6 Å². The molecule has 1 aliphatic heterocycles. The highest BCUT2D eigenvalue weighted by Crippen LogP contribution is 2.37. The summed E-state index contributed by atoms with van der Waals surface area (Å²) in [7, 11) is -1.37. The molecule has 40 heavy (non-hydrogen) atoms. The van der Waals surface area contributed by atoms with Gasteiger partial charge in [0.05, 0.1) is 33.6 Å². The van der Waals surface area contributed by atoms with Crippen molar-refractivity contribution >= 4 is 49.5 Å². The lowest BCUT2D eigenvalue weighted by Crippen LogP contribution is -2.16. The number of nitrogens with zero attached hydrogens (tertiary/aromatic N) is 3. The van der Waals surface area contributed by atoms with Crippen molar-refractivity contribution in [2.24, 2.45) is 4.36 Å². The largest absolute Gasteiger partial charge is 0.472 e. The minimum Gasteiger partial charge on any atom is -0.472 e. The number of carbonyl (C=O) groups is 2. The first kappa shape index (κ1) is 27.9. The van der Waals surface area contributed by atoms with Crippen LogP contribution in [0.2, 0.25) is 5.02 Å². The van der Waals surface area contributed by atoms with Crippen molar-refractivity contribution in [3.63, 3.8) is 0 Å². The van der Waals surface area contributed by atoms with E-state index in [1.54, 1.807) is 4.68 Å². The Balaban J connectivity index is 1.51. The highest BCUT2D eigenvalue weighted by molar-refractivity contribution is 7.93. The quantitative estimate of drug-likeness (QED) is 0.172. The number of benzene rings is 3. The predicted molar refractivity (Wildman–Crippen MR) is 156 cm³/mol. The second-order valence-electron chi connectivity index (χ2n) is 9.63. The molecule has 0 bridgehead atoms. The van der Waals surface area contributed by atoms with Crippen LogP contribution in [0.25, 0.3) is 10.8 Å². The van der Waals surface area contributed by atoms with Gasteiger partial charge in [0.2, 0.25) is 11.7 Å². The molecule has 0 amide bonds. The van der Waals surface area contributed by atoms with E-state index in [1.165, 1.54) is 25.4 Å². The van der Waals surface area contributed by atoms with Crippen LogP contribution in [-0.2, 0) is 27.6 Å². The summed E-state index contributed by atoms with van der Waals surface area (Å²) in [6, 6.07) is 17.0. The fourth-order valence-corrected chi connectivity index (χ4v) is 7.39. The van der Waals surface area contributed by atoms with E-state index in [0.29, 0.717) is 23.9 Å². The molecule has 0 N–H and O–H groups in total. The van der Waals surface area contributed by atoms with Crippen LogP contribution in [0.4, 0.5) is 5.69 Å². The molecule has 3 aromatic carbocycles. The predicted octanol–water partition coefficient (Wildman–Crippen LogP) is 6.59. The molecule has 5 rings (SSSR count). The van der Waals surface area contributed by atoms with Crippen molar-refractivity contribution in [1.82, 2.24) is 9.78 Å². The van der Waals surface area contributed by atoms with Crippen molar-refractivity contribution in [2.45, 2.75) is 39.3 Å². The zero-order valence-corrected chi connectivity index (χ0v) is 24.0. The maximum absolute atomic E-state index is 13.8. The van der Waals surface area contributed by atoms with Crippen molar-refractivity contribution in [3.05, 3.63) is 88.1 Å². The first-order valence-corrected chi connectivity index (χ1v) is 15.4. The van der Waals surface area contributed by atoms with Crippen LogP contribution in [0.5, 0.6) is 5.88 Å². The van der Waals surface area contributed by atoms with Crippen LogP contribution in [-0.4, -0.2) is 44.4 Å². The number of aryl methyl sites for hydroxylation is 1. The number of hydrogen-bond acceptors (Lipinski definition) is 7. The van der Waals surface area contributed by atoms with Gasteiger partial charge in [-0.1, -0.05) is 54.4 Å². The molecule has 0 radical (unpaired) electrons. The molecule has 1 aromatic heterocycles. The molecule has 2 heterocycles. The van der Waals surface area contributed by atoms with Gasteiger partial charge in [-0.3, -0.25) is 4.79 Å². The third kappa shape index (κ3) is 5.62. The molecular weight excluding hydrogens is 550 g/mol. The first-order valence-electron chi connectivity index (χ1n) is 13.2. The Kier molecular flexibility index (Phi) is 8.23. The Morgan fingerprint density at radius 3 is 2.45 bits per heavy atom. The van der Waals surface area contributed by atoms with Gasteiger partial charge in [0.25, 0.3) is 0 Å². The minimum atomic E-state index is -2.62. The summed E-state index contributed by atoms with van der Waals surface area (Å²) < 4.78 is 30.6. The summed E-state index contributed by atoms with van der Waals surface area (Å²) in [6.45, 7) is 2.62. The standard InChI is InChI=1S/C30H30ClN3O5S/c1-3-34-29(39-19-20-11-12-21-9-5-6-10-22(21)17-20)25(18-32-34)28(35)23-13-14-24(30(36)38-2)27(26(23)31)33-40(37)15-7-4-8-16-40/h5-6,9-14,17-18H,3-4,7-8,15-16,19H2,1-2H3. The molecule has 10 heteroatoms. The summed E-state index contributed by atoms with van der Waals surface area (Å²) in [4.78, 5) is 26.4. The monoisotopic (exact) mass is 579 g/mol. The molecule has 8 nitrogen and oxygen atoms in total. The summed E-state index contributed by atoms with van der Waals surface area (Å²) in [6.07, 6.45) is 3.98. The lowest BCUT2D eigenvalue weighted by atomic mass is 10.0. The maximum Gasteiger partial charge on any atom is 0.340 e. The van der Waals surface area contributed by atoms with Gasteiger partial charge in [-0.05, 0) is 54.3 Å². The molecule has 1 fully saturated rings. The number of hydrogen-bond donors (Lipinski definition) is 0. The van der Waals surface area contributed by atoms with Crippen LogP contribution in [0.1, 0.15) is 58.0 Å². The number of esters is 1. The Bertz CT molecular complexity index is 1710. The fraction of sp³-hybridized carbons (Fsp3) is 0.300. The summed E-state index contributed by atoms with van der Waals surface area (Å²) in [5.74, 6) is 0.0304.